The number of amides is 1. The first kappa shape index (κ1) is 12.5. The monoisotopic (exact) mass is 262 g/mol. The van der Waals surface area contributed by atoms with Gasteiger partial charge in [0.2, 0.25) is 5.95 Å². The molecule has 3 heterocycles. The van der Waals surface area contributed by atoms with Crippen molar-refractivity contribution >= 4 is 11.9 Å². The Kier molecular flexibility index (Phi) is 2.99. The molecule has 5 nitrogen and oxygen atoms in total. The van der Waals surface area contributed by atoms with Gasteiger partial charge in [-0.3, -0.25) is 4.79 Å². The van der Waals surface area contributed by atoms with Crippen molar-refractivity contribution in [2.75, 3.05) is 25.0 Å². The average molecular weight is 262 g/mol. The van der Waals surface area contributed by atoms with E-state index in [1.807, 2.05) is 15.7 Å². The molecular weight excluding hydrogens is 240 g/mol. The maximum atomic E-state index is 12.5. The van der Waals surface area contributed by atoms with Crippen LogP contribution in [0.4, 0.5) is 5.95 Å². The average Bonchev–Trinajstić information content (AvgIpc) is 2.81. The number of nitrogens with zero attached hydrogens (tertiary/aromatic N) is 3. The van der Waals surface area contributed by atoms with Gasteiger partial charge in [0.15, 0.2) is 0 Å². The minimum absolute atomic E-state index is 0.0826. The normalized spacial score (nSPS) is 21.7. The highest BCUT2D eigenvalue weighted by Gasteiger charge is 2.29. The Hall–Kier alpha value is -1.52. The number of hydrogen-bond acceptors (Lipinski definition) is 3. The smallest absolute Gasteiger partial charge is 0.274 e. The summed E-state index contributed by atoms with van der Waals surface area (Å²) >= 11 is 0. The fourth-order valence-corrected chi connectivity index (χ4v) is 2.76. The maximum Gasteiger partial charge on any atom is 0.274 e. The summed E-state index contributed by atoms with van der Waals surface area (Å²) in [7, 11) is 0. The van der Waals surface area contributed by atoms with E-state index in [1.54, 1.807) is 0 Å². The molecule has 0 bridgehead atoms. The quantitative estimate of drug-likeness (QED) is 0.841. The Labute approximate surface area is 114 Å². The first-order valence-electron chi connectivity index (χ1n) is 7.15. The Morgan fingerprint density at radius 1 is 1.32 bits per heavy atom. The van der Waals surface area contributed by atoms with E-state index in [2.05, 4.69) is 24.1 Å². The van der Waals surface area contributed by atoms with Gasteiger partial charge < -0.3 is 14.8 Å². The van der Waals surface area contributed by atoms with E-state index in [-0.39, 0.29) is 5.91 Å². The number of hydrogen-bond donors (Lipinski definition) is 1. The number of carbonyl (C=O) groups is 1. The summed E-state index contributed by atoms with van der Waals surface area (Å²) in [6.45, 7) is 8.14. The molecule has 1 aromatic rings. The third-order valence-electron chi connectivity index (χ3n) is 4.26. The second-order valence-electron chi connectivity index (χ2n) is 6.38. The van der Waals surface area contributed by atoms with Gasteiger partial charge in [-0.25, -0.2) is 4.98 Å². The van der Waals surface area contributed by atoms with Gasteiger partial charge in [0.25, 0.3) is 5.91 Å². The number of piperidine rings is 1. The second kappa shape index (κ2) is 4.54. The molecule has 1 saturated heterocycles. The van der Waals surface area contributed by atoms with Gasteiger partial charge in [-0.15, -0.1) is 0 Å². The number of imidazole rings is 1. The lowest BCUT2D eigenvalue weighted by atomic mass is 9.82. The molecule has 3 rings (SSSR count). The molecule has 0 aromatic carbocycles. The molecule has 0 unspecified atom stereocenters. The highest BCUT2D eigenvalue weighted by atomic mass is 16.2. The molecule has 0 spiro atoms. The van der Waals surface area contributed by atoms with Crippen molar-refractivity contribution in [3.63, 3.8) is 0 Å². The highest BCUT2D eigenvalue weighted by Crippen LogP contribution is 2.30. The number of nitrogens with one attached hydrogen (secondary N) is 1. The van der Waals surface area contributed by atoms with Crippen LogP contribution in [0.25, 0.3) is 0 Å². The third-order valence-corrected chi connectivity index (χ3v) is 4.26. The largest absolute Gasteiger partial charge is 0.356 e. The molecule has 0 radical (unpaired) electrons. The molecule has 2 aliphatic rings. The standard InChI is InChI=1S/C14H22N4O/c1-14(2)4-8-17(9-5-14)12(19)11-10-18-7-3-6-15-13(18)16-11/h10H,3-9H2,1-2H3,(H,15,16). The Morgan fingerprint density at radius 2 is 2.05 bits per heavy atom. The molecule has 19 heavy (non-hydrogen) atoms. The SMILES string of the molecule is CC1(C)CCN(C(=O)c2cn3c(n2)NCCC3)CC1. The van der Waals surface area contributed by atoms with Gasteiger partial charge in [0.1, 0.15) is 5.69 Å². The lowest BCUT2D eigenvalue weighted by Gasteiger charge is -2.36. The summed E-state index contributed by atoms with van der Waals surface area (Å²) in [5.41, 5.74) is 0.954. The van der Waals surface area contributed by atoms with Crippen LogP contribution < -0.4 is 5.32 Å². The minimum atomic E-state index is 0.0826. The molecule has 2 aliphatic heterocycles. The fraction of sp³-hybridized carbons (Fsp3) is 0.714. The lowest BCUT2D eigenvalue weighted by molar-refractivity contribution is 0.0625. The molecule has 0 atom stereocenters. The molecule has 1 N–H and O–H groups in total. The lowest BCUT2D eigenvalue weighted by Crippen LogP contribution is -2.41. The van der Waals surface area contributed by atoms with E-state index in [9.17, 15) is 4.79 Å². The molecule has 0 saturated carbocycles. The van der Waals surface area contributed by atoms with Crippen LogP contribution in [0.1, 0.15) is 43.6 Å². The second-order valence-corrected chi connectivity index (χ2v) is 6.38. The van der Waals surface area contributed by atoms with Gasteiger partial charge >= 0.3 is 0 Å². The van der Waals surface area contributed by atoms with Crippen molar-refractivity contribution in [2.45, 2.75) is 39.7 Å². The fourth-order valence-electron chi connectivity index (χ4n) is 2.76. The molecular formula is C14H22N4O. The van der Waals surface area contributed by atoms with Gasteiger partial charge in [-0.2, -0.15) is 0 Å². The zero-order valence-corrected chi connectivity index (χ0v) is 11.8. The molecule has 5 heteroatoms. The predicted octanol–water partition coefficient (Wildman–Crippen LogP) is 1.96. The number of fused-ring (bicyclic) bond motifs is 1. The number of likely N-dealkylation sites (tertiary alicyclic amines) is 1. The first-order valence-corrected chi connectivity index (χ1v) is 7.15. The first-order chi connectivity index (χ1) is 9.05. The summed E-state index contributed by atoms with van der Waals surface area (Å²) in [4.78, 5) is 18.8. The van der Waals surface area contributed by atoms with Crippen molar-refractivity contribution in [1.29, 1.82) is 0 Å². The highest BCUT2D eigenvalue weighted by molar-refractivity contribution is 5.92. The van der Waals surface area contributed by atoms with Gasteiger partial charge in [-0.05, 0) is 24.7 Å². The zero-order valence-electron chi connectivity index (χ0n) is 11.8. The molecule has 1 amide bonds. The van der Waals surface area contributed by atoms with Crippen molar-refractivity contribution in [2.24, 2.45) is 5.41 Å². The van der Waals surface area contributed by atoms with Crippen molar-refractivity contribution in [1.82, 2.24) is 14.5 Å². The third kappa shape index (κ3) is 2.46. The number of carbonyl (C=O) groups excluding carboxylic acids is 1. The molecule has 1 aromatic heterocycles. The Bertz CT molecular complexity index is 458. The Balaban J connectivity index is 1.72. The summed E-state index contributed by atoms with van der Waals surface area (Å²) < 4.78 is 2.05. The van der Waals surface area contributed by atoms with Crippen LogP contribution >= 0.6 is 0 Å². The summed E-state index contributed by atoms with van der Waals surface area (Å²) in [5, 5.41) is 3.23. The topological polar surface area (TPSA) is 50.2 Å². The summed E-state index contributed by atoms with van der Waals surface area (Å²) in [6.07, 6.45) is 5.13. The Morgan fingerprint density at radius 3 is 2.74 bits per heavy atom. The van der Waals surface area contributed by atoms with Crippen LogP contribution in [0.15, 0.2) is 6.20 Å². The van der Waals surface area contributed by atoms with E-state index >= 15 is 0 Å². The van der Waals surface area contributed by atoms with Crippen LogP contribution in [0.2, 0.25) is 0 Å². The van der Waals surface area contributed by atoms with Crippen LogP contribution in [0, 0.1) is 5.41 Å². The van der Waals surface area contributed by atoms with Crippen LogP contribution in [0.5, 0.6) is 0 Å². The molecule has 1 fully saturated rings. The van der Waals surface area contributed by atoms with E-state index < -0.39 is 0 Å². The number of aryl methyl sites for hydroxylation is 1. The molecule has 0 aliphatic carbocycles. The summed E-state index contributed by atoms with van der Waals surface area (Å²) in [5.74, 6) is 0.922. The van der Waals surface area contributed by atoms with Gasteiger partial charge in [0.05, 0.1) is 0 Å². The van der Waals surface area contributed by atoms with E-state index in [0.717, 1.165) is 51.4 Å². The summed E-state index contributed by atoms with van der Waals surface area (Å²) in [6, 6.07) is 0. The number of rotatable bonds is 1. The van der Waals surface area contributed by atoms with Crippen molar-refractivity contribution in [3.8, 4) is 0 Å². The molecule has 104 valence electrons. The zero-order chi connectivity index (χ0) is 13.5. The van der Waals surface area contributed by atoms with Gasteiger partial charge in [0, 0.05) is 32.4 Å². The maximum absolute atomic E-state index is 12.5. The number of aromatic nitrogens is 2. The predicted molar refractivity (Wildman–Crippen MR) is 74.3 cm³/mol. The van der Waals surface area contributed by atoms with Gasteiger partial charge in [-0.1, -0.05) is 13.8 Å². The number of anilines is 1. The van der Waals surface area contributed by atoms with E-state index in [1.165, 1.54) is 0 Å². The van der Waals surface area contributed by atoms with Crippen LogP contribution in [0.3, 0.4) is 0 Å². The minimum Gasteiger partial charge on any atom is -0.356 e. The van der Waals surface area contributed by atoms with Crippen molar-refractivity contribution in [3.05, 3.63) is 11.9 Å². The van der Waals surface area contributed by atoms with Crippen LogP contribution in [-0.4, -0.2) is 40.0 Å². The van der Waals surface area contributed by atoms with E-state index in [0.29, 0.717) is 11.1 Å². The van der Waals surface area contributed by atoms with Crippen LogP contribution in [-0.2, 0) is 6.54 Å². The van der Waals surface area contributed by atoms with E-state index in [4.69, 9.17) is 0 Å². The van der Waals surface area contributed by atoms with Crippen molar-refractivity contribution < 1.29 is 4.79 Å².